The zero-order valence-corrected chi connectivity index (χ0v) is 53.5. The van der Waals surface area contributed by atoms with Gasteiger partial charge in [-0.05, 0) is 149 Å². The molecule has 15 heteroatoms. The first-order valence-corrected chi connectivity index (χ1v) is 31.7. The maximum Gasteiger partial charge on any atom is 0.268 e. The van der Waals surface area contributed by atoms with Crippen LogP contribution >= 0.6 is 0 Å². The van der Waals surface area contributed by atoms with Crippen LogP contribution in [0.5, 0.6) is 23.0 Å². The largest absolute Gasteiger partial charge is 0.488 e. The summed E-state index contributed by atoms with van der Waals surface area (Å²) in [5, 5.41) is 2.76. The van der Waals surface area contributed by atoms with Gasteiger partial charge in [0.05, 0.1) is 22.3 Å². The highest BCUT2D eigenvalue weighted by Crippen LogP contribution is 2.42. The van der Waals surface area contributed by atoms with Gasteiger partial charge in [0.25, 0.3) is 23.6 Å². The van der Waals surface area contributed by atoms with Crippen LogP contribution in [0.1, 0.15) is 85.9 Å². The van der Waals surface area contributed by atoms with E-state index >= 15 is 0 Å². The number of nitrogens with two attached hydrogens (primary N) is 3. The van der Waals surface area contributed by atoms with Crippen molar-refractivity contribution >= 4 is 34.8 Å². The van der Waals surface area contributed by atoms with Crippen molar-refractivity contribution in [3.8, 4) is 67.5 Å². The lowest BCUT2D eigenvalue weighted by Gasteiger charge is -2.20. The maximum absolute atomic E-state index is 13.3. The first-order chi connectivity index (χ1) is 48.0. The van der Waals surface area contributed by atoms with Crippen LogP contribution in [0.4, 0.5) is 0 Å². The Morgan fingerprint density at radius 2 is 0.469 bits per heavy atom. The van der Waals surface area contributed by atoms with E-state index in [-0.39, 0.29) is 49.0 Å². The molecule has 12 aromatic carbocycles. The summed E-state index contributed by atoms with van der Waals surface area (Å²) in [7, 11) is 1.60. The lowest BCUT2D eigenvalue weighted by atomic mass is 9.84. The highest BCUT2D eigenvalue weighted by Gasteiger charge is 2.22. The van der Waals surface area contributed by atoms with Gasteiger partial charge in [-0.3, -0.25) is 35.5 Å². The molecule has 0 aliphatic heterocycles. The normalized spacial score (nSPS) is 10.8. The Balaban J connectivity index is 1.00. The number of hydrogen-bond acceptors (Lipinski definition) is 11. The summed E-state index contributed by atoms with van der Waals surface area (Å²) in [6, 6.07) is 94.0. The van der Waals surface area contributed by atoms with E-state index < -0.39 is 17.7 Å². The summed E-state index contributed by atoms with van der Waals surface area (Å²) in [5.41, 5.74) is 23.8. The van der Waals surface area contributed by atoms with E-state index in [1.54, 1.807) is 31.3 Å². The summed E-state index contributed by atoms with van der Waals surface area (Å²) in [6.07, 6.45) is 0. The summed E-state index contributed by atoms with van der Waals surface area (Å²) >= 11 is 0. The van der Waals surface area contributed by atoms with Gasteiger partial charge in [-0.15, -0.1) is 0 Å². The molecule has 484 valence electrons. The van der Waals surface area contributed by atoms with Gasteiger partial charge in [0.15, 0.2) is 0 Å². The highest BCUT2D eigenvalue weighted by molar-refractivity contribution is 6.06. The van der Waals surface area contributed by atoms with Gasteiger partial charge < -0.3 is 24.3 Å². The number of nitrogens with one attached hydrogen (secondary N) is 4. The van der Waals surface area contributed by atoms with Crippen LogP contribution in [0.25, 0.3) is 55.7 Å². The molecule has 98 heavy (non-hydrogen) atoms. The number of benzene rings is 12. The van der Waals surface area contributed by atoms with Gasteiger partial charge in [0.2, 0.25) is 0 Å². The quantitative estimate of drug-likeness (QED) is 0.0130. The summed E-state index contributed by atoms with van der Waals surface area (Å²) in [4.78, 5) is 52.7. The predicted octanol–water partition coefficient (Wildman–Crippen LogP) is 14.8. The Kier molecular flexibility index (Phi) is 20.7. The van der Waals surface area contributed by atoms with Gasteiger partial charge in [0.1, 0.15) is 49.4 Å². The average Bonchev–Trinajstić information content (AvgIpc) is 0.783. The molecule has 15 nitrogen and oxygen atoms in total. The fourth-order valence-corrected chi connectivity index (χ4v) is 11.6. The first kappa shape index (κ1) is 65.4. The van der Waals surface area contributed by atoms with Gasteiger partial charge in [-0.1, -0.05) is 243 Å². The van der Waals surface area contributed by atoms with E-state index in [2.05, 4.69) is 119 Å². The molecule has 4 amide bonds. The lowest BCUT2D eigenvalue weighted by molar-refractivity contribution is 0.0941. The van der Waals surface area contributed by atoms with Crippen LogP contribution in [0.15, 0.2) is 291 Å². The number of ether oxygens (including phenoxy) is 4. The minimum Gasteiger partial charge on any atom is -0.488 e. The second kappa shape index (κ2) is 31.1. The van der Waals surface area contributed by atoms with Crippen molar-refractivity contribution < 1.29 is 38.1 Å². The third-order valence-corrected chi connectivity index (χ3v) is 16.8. The highest BCUT2D eigenvalue weighted by atomic mass is 16.5. The molecule has 0 radical (unpaired) electrons. The number of hydrogen-bond donors (Lipinski definition) is 7. The number of nitrogen functional groups attached to an aromatic ring is 3. The maximum atomic E-state index is 13.3. The molecule has 0 spiro atoms. The molecule has 0 aromatic heterocycles. The standard InChI is InChI=1S/C83H69N7O8/c1-87-80(91)70-42-38-66(46-74(70)95-50-54-14-6-2-7-15-54)58-22-30-62(31-23-58)78(63-32-24-59(25-33-63)67-39-43-71(81(92)88-84)75(47-67)96-51-55-16-8-3-9-17-55)79(64-34-26-60(27-35-64)68-40-44-72(82(93)89-85)76(48-68)97-52-56-18-10-4-11-19-56)65-36-28-61(29-37-65)69-41-45-73(83(94)90-86)77(49-69)98-53-57-20-12-5-13-21-57/h2-49H,50-53,84-86H2,1H3,(H,87,91)(H,88,92)(H,89,93)(H,90,94). The summed E-state index contributed by atoms with van der Waals surface area (Å²) in [6.45, 7) is 0.941. The molecule has 0 aliphatic carbocycles. The Bertz CT molecular complexity index is 4210. The number of amides is 4. The van der Waals surface area contributed by atoms with E-state index in [9.17, 15) is 19.2 Å². The van der Waals surface area contributed by atoms with Crippen LogP contribution in [0, 0.1) is 0 Å². The van der Waals surface area contributed by atoms with Crippen LogP contribution in [-0.4, -0.2) is 30.7 Å². The van der Waals surface area contributed by atoms with Gasteiger partial charge in [0, 0.05) is 7.05 Å². The molecule has 0 aliphatic rings. The van der Waals surface area contributed by atoms with Crippen LogP contribution in [0.3, 0.4) is 0 Å². The molecule has 0 saturated carbocycles. The zero-order valence-electron chi connectivity index (χ0n) is 53.5. The Morgan fingerprint density at radius 1 is 0.265 bits per heavy atom. The average molecular weight is 1290 g/mol. The molecule has 12 rings (SSSR count). The van der Waals surface area contributed by atoms with Gasteiger partial charge >= 0.3 is 0 Å². The fourth-order valence-electron chi connectivity index (χ4n) is 11.6. The molecule has 0 bridgehead atoms. The van der Waals surface area contributed by atoms with E-state index in [0.717, 1.165) is 100 Å². The third-order valence-electron chi connectivity index (χ3n) is 16.8. The van der Waals surface area contributed by atoms with E-state index in [1.165, 1.54) is 0 Å². The van der Waals surface area contributed by atoms with Crippen molar-refractivity contribution in [1.29, 1.82) is 0 Å². The summed E-state index contributed by atoms with van der Waals surface area (Å²) < 4.78 is 25.4. The Labute approximate surface area is 568 Å². The molecular weight excluding hydrogens is 1220 g/mol. The minimum absolute atomic E-state index is 0.226. The van der Waals surface area contributed by atoms with E-state index in [4.69, 9.17) is 36.5 Å². The first-order valence-electron chi connectivity index (χ1n) is 31.7. The second-order valence-electron chi connectivity index (χ2n) is 23.0. The topological polar surface area (TPSA) is 231 Å². The van der Waals surface area contributed by atoms with Crippen molar-refractivity contribution in [3.63, 3.8) is 0 Å². The number of carbonyl (C=O) groups excluding carboxylic acids is 4. The monoisotopic (exact) mass is 1290 g/mol. The van der Waals surface area contributed by atoms with E-state index in [0.29, 0.717) is 28.6 Å². The molecule has 10 N–H and O–H groups in total. The van der Waals surface area contributed by atoms with Gasteiger partial charge in [-0.2, -0.15) is 0 Å². The number of hydrazine groups is 3. The molecule has 12 aromatic rings. The van der Waals surface area contributed by atoms with Gasteiger partial charge in [-0.25, -0.2) is 17.5 Å². The van der Waals surface area contributed by atoms with E-state index in [1.807, 2.05) is 170 Å². The third kappa shape index (κ3) is 15.4. The lowest BCUT2D eigenvalue weighted by Crippen LogP contribution is -2.30. The fraction of sp³-hybridized carbons (Fsp3) is 0.0602. The van der Waals surface area contributed by atoms with Crippen LogP contribution < -0.4 is 58.1 Å². The minimum atomic E-state index is -0.485. The molecule has 0 heterocycles. The molecule has 0 unspecified atom stereocenters. The smallest absolute Gasteiger partial charge is 0.268 e. The van der Waals surface area contributed by atoms with Crippen molar-refractivity contribution in [3.05, 3.63) is 358 Å². The SMILES string of the molecule is CNC(=O)c1ccc(-c2ccc(C(=C(c3ccc(-c4ccc(C(=O)NN)c(OCc5ccccc5)c4)cc3)c3ccc(-c4ccc(C(=O)NN)c(OCc5ccccc5)c4)cc3)c3ccc(-c4ccc(C(=O)NN)c(OCc5ccccc5)c4)cc3)cc2)cc1OCc1ccccc1. The Hall–Kier alpha value is -12.7. The number of carbonyl (C=O) groups is 4. The van der Waals surface area contributed by atoms with Crippen molar-refractivity contribution in [1.82, 2.24) is 21.6 Å². The molecule has 0 fully saturated rings. The molecule has 0 atom stereocenters. The zero-order chi connectivity index (χ0) is 67.7. The number of rotatable bonds is 24. The van der Waals surface area contributed by atoms with Crippen LogP contribution in [-0.2, 0) is 26.4 Å². The van der Waals surface area contributed by atoms with Crippen molar-refractivity contribution in [2.45, 2.75) is 26.4 Å². The van der Waals surface area contributed by atoms with Crippen LogP contribution in [0.2, 0.25) is 0 Å². The molecule has 0 saturated heterocycles. The van der Waals surface area contributed by atoms with Crippen molar-refractivity contribution in [2.24, 2.45) is 17.5 Å². The summed E-state index contributed by atoms with van der Waals surface area (Å²) in [5.74, 6) is 16.8. The van der Waals surface area contributed by atoms with Crippen molar-refractivity contribution in [2.75, 3.05) is 7.05 Å². The Morgan fingerprint density at radius 3 is 0.673 bits per heavy atom. The predicted molar refractivity (Wildman–Crippen MR) is 384 cm³/mol. The second-order valence-corrected chi connectivity index (χ2v) is 23.0. The molecular formula is C83H69N7O8.